The molecule has 0 bridgehead atoms. The lowest BCUT2D eigenvalue weighted by atomic mass is 10.1. The maximum atomic E-state index is 13.2. The third-order valence-electron chi connectivity index (χ3n) is 5.44. The van der Waals surface area contributed by atoms with Crippen molar-refractivity contribution in [3.05, 3.63) is 59.1 Å². The number of nitrogens with one attached hydrogen (secondary N) is 1. The van der Waals surface area contributed by atoms with Gasteiger partial charge in [0, 0.05) is 24.8 Å². The summed E-state index contributed by atoms with van der Waals surface area (Å²) >= 11 is 2.91. The summed E-state index contributed by atoms with van der Waals surface area (Å²) in [5, 5.41) is 15.5. The highest BCUT2D eigenvalue weighted by molar-refractivity contribution is 7.99. The number of amides is 2. The second-order valence-electron chi connectivity index (χ2n) is 7.68. The largest absolute Gasteiger partial charge is 0.329 e. The number of hydrogen-bond donors (Lipinski definition) is 1. The predicted molar refractivity (Wildman–Crippen MR) is 127 cm³/mol. The van der Waals surface area contributed by atoms with Gasteiger partial charge in [0.1, 0.15) is 5.01 Å². The Balaban J connectivity index is 1.23. The molecule has 1 fully saturated rings. The molecule has 1 aliphatic rings. The highest BCUT2D eigenvalue weighted by atomic mass is 32.2. The molecule has 9 nitrogen and oxygen atoms in total. The van der Waals surface area contributed by atoms with Gasteiger partial charge in [-0.2, -0.15) is 0 Å². The van der Waals surface area contributed by atoms with E-state index in [4.69, 9.17) is 4.98 Å². The third-order valence-corrected chi connectivity index (χ3v) is 7.59. The zero-order chi connectivity index (χ0) is 22.8. The summed E-state index contributed by atoms with van der Waals surface area (Å²) in [5.41, 5.74) is 2.21. The van der Waals surface area contributed by atoms with Gasteiger partial charge in [-0.1, -0.05) is 23.9 Å². The Labute approximate surface area is 198 Å². The van der Waals surface area contributed by atoms with Crippen LogP contribution in [0.15, 0.2) is 53.7 Å². The van der Waals surface area contributed by atoms with Crippen molar-refractivity contribution in [3.8, 4) is 0 Å². The van der Waals surface area contributed by atoms with Crippen LogP contribution in [-0.2, 0) is 11.8 Å². The number of para-hydroxylation sites is 1. The Morgan fingerprint density at radius 3 is 2.76 bits per heavy atom. The number of likely N-dealkylation sites (tertiary alicyclic amines) is 1. The van der Waals surface area contributed by atoms with Crippen LogP contribution in [0.5, 0.6) is 0 Å². The lowest BCUT2D eigenvalue weighted by molar-refractivity contribution is -0.113. The van der Waals surface area contributed by atoms with Crippen LogP contribution >= 0.6 is 23.1 Å². The van der Waals surface area contributed by atoms with E-state index in [1.807, 2.05) is 23.1 Å². The fourth-order valence-electron chi connectivity index (χ4n) is 3.83. The number of tetrazole rings is 1. The number of aromatic nitrogens is 5. The van der Waals surface area contributed by atoms with Crippen molar-refractivity contribution in [3.63, 3.8) is 0 Å². The van der Waals surface area contributed by atoms with E-state index < -0.39 is 0 Å². The predicted octanol–water partition coefficient (Wildman–Crippen LogP) is 3.53. The van der Waals surface area contributed by atoms with Crippen LogP contribution in [0.4, 0.5) is 5.69 Å². The maximum Gasteiger partial charge on any atom is 0.254 e. The molecule has 1 N–H and O–H groups in total. The van der Waals surface area contributed by atoms with Gasteiger partial charge >= 0.3 is 0 Å². The van der Waals surface area contributed by atoms with Crippen molar-refractivity contribution in [1.82, 2.24) is 30.1 Å². The minimum atomic E-state index is -0.169. The third kappa shape index (κ3) is 4.60. The summed E-state index contributed by atoms with van der Waals surface area (Å²) in [6.07, 6.45) is 1.87. The number of hydrogen-bond acceptors (Lipinski definition) is 8. The van der Waals surface area contributed by atoms with Gasteiger partial charge in [-0.15, -0.1) is 16.4 Å². The van der Waals surface area contributed by atoms with E-state index >= 15 is 0 Å². The molecule has 2 aromatic heterocycles. The Morgan fingerprint density at radius 2 is 2.00 bits per heavy atom. The second kappa shape index (κ2) is 9.28. The van der Waals surface area contributed by atoms with Gasteiger partial charge in [0.15, 0.2) is 0 Å². The van der Waals surface area contributed by atoms with Crippen molar-refractivity contribution in [2.24, 2.45) is 7.05 Å². The van der Waals surface area contributed by atoms with Crippen molar-refractivity contribution in [2.75, 3.05) is 17.6 Å². The van der Waals surface area contributed by atoms with Crippen LogP contribution in [0.3, 0.4) is 0 Å². The summed E-state index contributed by atoms with van der Waals surface area (Å²) in [4.78, 5) is 32.2. The van der Waals surface area contributed by atoms with Crippen LogP contribution in [0, 0.1) is 0 Å². The molecule has 5 rings (SSSR count). The number of thioether (sulfide) groups is 1. The first-order chi connectivity index (χ1) is 16.1. The Kier molecular flexibility index (Phi) is 6.05. The molecule has 0 radical (unpaired) electrons. The van der Waals surface area contributed by atoms with E-state index in [2.05, 4.69) is 26.9 Å². The first-order valence-corrected chi connectivity index (χ1v) is 12.3. The minimum Gasteiger partial charge on any atom is -0.329 e. The summed E-state index contributed by atoms with van der Waals surface area (Å²) in [5.74, 6) is 0.00414. The maximum absolute atomic E-state index is 13.2. The first-order valence-electron chi connectivity index (χ1n) is 10.5. The highest BCUT2D eigenvalue weighted by Crippen LogP contribution is 2.37. The first kappa shape index (κ1) is 21.5. The van der Waals surface area contributed by atoms with E-state index in [0.29, 0.717) is 23.0 Å². The van der Waals surface area contributed by atoms with E-state index in [0.717, 1.165) is 28.1 Å². The van der Waals surface area contributed by atoms with Crippen LogP contribution in [0.2, 0.25) is 0 Å². The number of anilines is 1. The van der Waals surface area contributed by atoms with Gasteiger partial charge in [-0.05, 0) is 59.7 Å². The van der Waals surface area contributed by atoms with Crippen LogP contribution in [-0.4, -0.2) is 54.2 Å². The Morgan fingerprint density at radius 1 is 1.18 bits per heavy atom. The van der Waals surface area contributed by atoms with Crippen molar-refractivity contribution < 1.29 is 9.59 Å². The summed E-state index contributed by atoms with van der Waals surface area (Å²) in [7, 11) is 1.72. The van der Waals surface area contributed by atoms with Crippen molar-refractivity contribution in [1.29, 1.82) is 0 Å². The van der Waals surface area contributed by atoms with Gasteiger partial charge in [-0.3, -0.25) is 9.59 Å². The van der Waals surface area contributed by atoms with E-state index in [-0.39, 0.29) is 23.6 Å². The lowest BCUT2D eigenvalue weighted by Crippen LogP contribution is -2.30. The average Bonchev–Trinajstić information content (AvgIpc) is 3.56. The molecule has 2 amide bonds. The van der Waals surface area contributed by atoms with E-state index in [1.165, 1.54) is 16.4 Å². The molecule has 0 spiro atoms. The molecule has 1 atom stereocenters. The second-order valence-corrected chi connectivity index (χ2v) is 9.68. The molecule has 1 aliphatic heterocycles. The molecule has 168 valence electrons. The number of fused-ring (bicyclic) bond motifs is 1. The molecule has 33 heavy (non-hydrogen) atoms. The number of aryl methyl sites for hydroxylation is 1. The van der Waals surface area contributed by atoms with E-state index in [9.17, 15) is 9.59 Å². The number of carbonyl (C=O) groups excluding carboxylic acids is 2. The van der Waals surface area contributed by atoms with Crippen LogP contribution < -0.4 is 5.32 Å². The monoisotopic (exact) mass is 479 g/mol. The average molecular weight is 480 g/mol. The molecular weight excluding hydrogens is 458 g/mol. The fourth-order valence-corrected chi connectivity index (χ4v) is 5.60. The molecule has 1 unspecified atom stereocenters. The fraction of sp³-hybridized carbons (Fsp3) is 0.273. The van der Waals surface area contributed by atoms with Gasteiger partial charge in [0.25, 0.3) is 5.91 Å². The SMILES string of the molecule is Cn1nnnc1SCC(=O)Nc1ccc(C(=O)N2CCCC2c2nc3ccccc3s2)cc1. The van der Waals surface area contributed by atoms with Crippen LogP contribution in [0.1, 0.15) is 34.2 Å². The minimum absolute atomic E-state index is 0.00130. The molecule has 0 aliphatic carbocycles. The molecule has 3 heterocycles. The van der Waals surface area contributed by atoms with E-state index in [1.54, 1.807) is 42.6 Å². The molecular formula is C22H21N7O2S2. The highest BCUT2D eigenvalue weighted by Gasteiger charge is 2.32. The van der Waals surface area contributed by atoms with Gasteiger partial charge in [-0.25, -0.2) is 9.67 Å². The molecule has 4 aromatic rings. The molecule has 0 saturated carbocycles. The van der Waals surface area contributed by atoms with Gasteiger partial charge in [0.2, 0.25) is 11.1 Å². The summed E-state index contributed by atoms with van der Waals surface area (Å²) in [6.45, 7) is 0.714. The number of nitrogens with zero attached hydrogens (tertiary/aromatic N) is 6. The van der Waals surface area contributed by atoms with Crippen molar-refractivity contribution >= 4 is 50.8 Å². The summed E-state index contributed by atoms with van der Waals surface area (Å²) in [6, 6.07) is 15.1. The zero-order valence-corrected chi connectivity index (χ0v) is 19.5. The molecule has 2 aromatic carbocycles. The number of carbonyl (C=O) groups is 2. The Hall–Kier alpha value is -3.31. The standard InChI is InChI=1S/C22H21N7O2S2/c1-28-22(25-26-27-28)32-13-19(30)23-15-10-8-14(9-11-15)21(31)29-12-4-6-17(29)20-24-16-5-2-3-7-18(16)33-20/h2-3,5,7-11,17H,4,6,12-13H2,1H3,(H,23,30). The molecule has 1 saturated heterocycles. The normalized spacial score (nSPS) is 15.8. The molecule has 11 heteroatoms. The Bertz CT molecular complexity index is 1270. The lowest BCUT2D eigenvalue weighted by Gasteiger charge is -2.23. The van der Waals surface area contributed by atoms with Crippen LogP contribution in [0.25, 0.3) is 10.2 Å². The summed E-state index contributed by atoms with van der Waals surface area (Å²) < 4.78 is 2.65. The number of thiazole rings is 1. The van der Waals surface area contributed by atoms with Crippen molar-refractivity contribution in [2.45, 2.75) is 24.0 Å². The van der Waals surface area contributed by atoms with Gasteiger partial charge in [0.05, 0.1) is 22.0 Å². The number of rotatable bonds is 6. The van der Waals surface area contributed by atoms with Gasteiger partial charge < -0.3 is 10.2 Å². The topological polar surface area (TPSA) is 106 Å². The quantitative estimate of drug-likeness (QED) is 0.422. The zero-order valence-electron chi connectivity index (χ0n) is 17.8. The smallest absolute Gasteiger partial charge is 0.254 e. The number of benzene rings is 2.